The minimum atomic E-state index is -0.894. The summed E-state index contributed by atoms with van der Waals surface area (Å²) < 4.78 is 25.8. The van der Waals surface area contributed by atoms with Gasteiger partial charge in [-0.1, -0.05) is 0 Å². The topological polar surface area (TPSA) is 167 Å². The van der Waals surface area contributed by atoms with Gasteiger partial charge in [0.05, 0.1) is 12.2 Å². The number of piperidine rings is 1. The van der Waals surface area contributed by atoms with Gasteiger partial charge in [0.15, 0.2) is 23.2 Å². The van der Waals surface area contributed by atoms with Crippen molar-refractivity contribution < 1.29 is 28.9 Å². The van der Waals surface area contributed by atoms with Crippen molar-refractivity contribution in [2.45, 2.75) is 95.8 Å². The molecule has 2 aromatic heterocycles. The van der Waals surface area contributed by atoms with Gasteiger partial charge < -0.3 is 24.7 Å². The summed E-state index contributed by atoms with van der Waals surface area (Å²) in [5, 5.41) is 13.7. The van der Waals surface area contributed by atoms with Crippen molar-refractivity contribution in [1.82, 2.24) is 24.6 Å². The number of hydrogen-bond donors (Lipinski definition) is 2. The van der Waals surface area contributed by atoms with E-state index in [1.165, 1.54) is 6.33 Å². The number of carbonyl (C=O) groups excluding carboxylic acids is 1. The molecule has 0 spiro atoms. The van der Waals surface area contributed by atoms with Crippen LogP contribution in [0.25, 0.3) is 11.2 Å². The molecule has 3 aliphatic rings. The minimum Gasteiger partial charge on any atom is -0.463 e. The highest BCUT2D eigenvalue weighted by Crippen LogP contribution is 2.44. The average molecular weight is 506 g/mol. The molecule has 0 aliphatic carbocycles. The van der Waals surface area contributed by atoms with Gasteiger partial charge in [0.1, 0.15) is 24.9 Å². The van der Waals surface area contributed by atoms with Gasteiger partial charge >= 0.3 is 5.97 Å². The lowest BCUT2D eigenvalue weighted by Crippen LogP contribution is -2.59. The first-order chi connectivity index (χ1) is 16.7. The summed E-state index contributed by atoms with van der Waals surface area (Å²) in [6.07, 6.45) is -0.236. The molecule has 13 nitrogen and oxygen atoms in total. The van der Waals surface area contributed by atoms with E-state index in [0.717, 1.165) is 5.06 Å². The van der Waals surface area contributed by atoms with Crippen molar-refractivity contribution in [3.05, 3.63) is 16.7 Å². The van der Waals surface area contributed by atoms with E-state index in [9.17, 15) is 14.8 Å². The lowest BCUT2D eigenvalue weighted by Gasteiger charge is -2.49. The highest BCUT2D eigenvalue weighted by Gasteiger charge is 2.57. The maximum absolute atomic E-state index is 13.1. The molecular formula is C23H33N6O7. The number of aromatic amines is 1. The van der Waals surface area contributed by atoms with Crippen LogP contribution in [0.1, 0.15) is 60.6 Å². The van der Waals surface area contributed by atoms with Gasteiger partial charge in [0, 0.05) is 11.1 Å². The monoisotopic (exact) mass is 505 g/mol. The van der Waals surface area contributed by atoms with E-state index < -0.39 is 52.9 Å². The molecule has 0 unspecified atom stereocenters. The molecule has 3 saturated heterocycles. The summed E-state index contributed by atoms with van der Waals surface area (Å²) in [7, 11) is 0. The number of fused-ring (bicyclic) bond motifs is 2. The Balaban J connectivity index is 1.35. The normalized spacial score (nSPS) is 31.5. The van der Waals surface area contributed by atoms with Gasteiger partial charge in [-0.25, -0.2) is 4.98 Å². The Morgan fingerprint density at radius 1 is 1.17 bits per heavy atom. The molecule has 4 atom stereocenters. The highest BCUT2D eigenvalue weighted by molar-refractivity contribution is 5.73. The van der Waals surface area contributed by atoms with E-state index in [-0.39, 0.29) is 29.7 Å². The summed E-state index contributed by atoms with van der Waals surface area (Å²) in [4.78, 5) is 36.1. The van der Waals surface area contributed by atoms with E-state index in [1.54, 1.807) is 18.4 Å². The van der Waals surface area contributed by atoms with Crippen molar-refractivity contribution in [3.8, 4) is 0 Å². The molecule has 1 radical (unpaired) electrons. The number of nitrogens with two attached hydrogens (primary N) is 1. The number of nitrogens with one attached hydrogen (secondary N) is 1. The number of nitrogen functional groups attached to an aromatic ring is 1. The number of H-pyrrole nitrogens is 1. The molecule has 36 heavy (non-hydrogen) atoms. The Morgan fingerprint density at radius 3 is 2.47 bits per heavy atom. The fourth-order valence-electron chi connectivity index (χ4n) is 5.86. The average Bonchev–Trinajstić information content (AvgIpc) is 3.40. The van der Waals surface area contributed by atoms with Crippen LogP contribution >= 0.6 is 0 Å². The number of imidazole rings is 1. The van der Waals surface area contributed by atoms with E-state index in [0.29, 0.717) is 12.8 Å². The van der Waals surface area contributed by atoms with Gasteiger partial charge in [-0.05, 0) is 54.4 Å². The number of anilines is 1. The van der Waals surface area contributed by atoms with Gasteiger partial charge in [-0.2, -0.15) is 4.98 Å². The molecule has 3 fully saturated rings. The van der Waals surface area contributed by atoms with Crippen molar-refractivity contribution in [2.75, 3.05) is 12.3 Å². The Kier molecular flexibility index (Phi) is 5.72. The second kappa shape index (κ2) is 8.21. The second-order valence-electron chi connectivity index (χ2n) is 11.6. The van der Waals surface area contributed by atoms with Crippen LogP contribution in [-0.2, 0) is 28.9 Å². The van der Waals surface area contributed by atoms with Crippen molar-refractivity contribution in [2.24, 2.45) is 5.92 Å². The minimum absolute atomic E-state index is 0.0480. The third-order valence-electron chi connectivity index (χ3n) is 7.16. The lowest BCUT2D eigenvalue weighted by atomic mass is 9.75. The maximum Gasteiger partial charge on any atom is 0.309 e. The number of hydroxylamine groups is 2. The lowest BCUT2D eigenvalue weighted by molar-refractivity contribution is -0.293. The first-order valence-corrected chi connectivity index (χ1v) is 12.1. The molecule has 0 bridgehead atoms. The summed E-state index contributed by atoms with van der Waals surface area (Å²) in [5.74, 6) is -1.73. The van der Waals surface area contributed by atoms with Crippen LogP contribution in [0.2, 0.25) is 0 Å². The number of nitrogens with zero attached hydrogens (tertiary/aromatic N) is 4. The maximum atomic E-state index is 13.1. The summed E-state index contributed by atoms with van der Waals surface area (Å²) in [6, 6.07) is 0. The van der Waals surface area contributed by atoms with E-state index >= 15 is 0 Å². The molecule has 2 aromatic rings. The summed E-state index contributed by atoms with van der Waals surface area (Å²) in [6.45, 7) is 10.9. The van der Waals surface area contributed by atoms with Crippen molar-refractivity contribution in [3.63, 3.8) is 0 Å². The third kappa shape index (κ3) is 4.18. The highest BCUT2D eigenvalue weighted by atomic mass is 16.8. The predicted molar refractivity (Wildman–Crippen MR) is 125 cm³/mol. The molecule has 3 aliphatic heterocycles. The Morgan fingerprint density at radius 2 is 1.81 bits per heavy atom. The second-order valence-corrected chi connectivity index (χ2v) is 11.6. The zero-order chi connectivity index (χ0) is 26.2. The first kappa shape index (κ1) is 25.1. The molecule has 3 N–H and O–H groups in total. The molecule has 197 valence electrons. The molecule has 0 amide bonds. The largest absolute Gasteiger partial charge is 0.463 e. The Bertz CT molecular complexity index is 1220. The molecule has 5 rings (SSSR count). The van der Waals surface area contributed by atoms with Gasteiger partial charge in [-0.3, -0.25) is 19.1 Å². The molecule has 0 aromatic carbocycles. The first-order valence-electron chi connectivity index (χ1n) is 12.1. The van der Waals surface area contributed by atoms with Gasteiger partial charge in [-0.15, -0.1) is 10.3 Å². The molecule has 0 saturated carbocycles. The molecule has 13 heteroatoms. The van der Waals surface area contributed by atoms with Crippen LogP contribution in [0.4, 0.5) is 5.95 Å². The summed E-state index contributed by atoms with van der Waals surface area (Å²) in [5.41, 5.74) is 4.27. The van der Waals surface area contributed by atoms with Crippen LogP contribution in [-0.4, -0.2) is 72.3 Å². The van der Waals surface area contributed by atoms with Crippen molar-refractivity contribution in [1.29, 1.82) is 0 Å². The molecule has 5 heterocycles. The summed E-state index contributed by atoms with van der Waals surface area (Å²) >= 11 is 0. The van der Waals surface area contributed by atoms with Gasteiger partial charge in [0.2, 0.25) is 5.95 Å². The standard InChI is InChI=1S/C23H33N6O7/c1-21(2)7-11(8-22(3,4)29(21)32)19(31)33-9-12-14-15(36-23(5,6)35-14)18(34-12)28-10-25-13-16(28)26-20(24)27-17(13)30/h10-12,14-15,18H,7-9H2,1-6H3,(H3,24,26,27,30)/t12-,14-,15-,18-/m1/s1. The zero-order valence-corrected chi connectivity index (χ0v) is 21.3. The SMILES string of the molecule is CC1(C)O[C@@H]2[C@H](O1)[C@@H](COC(=O)C1CC(C)(C)N([O])C(C)(C)C1)O[C@H]2n1cnc2c(=O)[nH]c(N)nc21. The number of ether oxygens (including phenoxy) is 4. The van der Waals surface area contributed by atoms with Crippen LogP contribution in [0, 0.1) is 5.92 Å². The zero-order valence-electron chi connectivity index (χ0n) is 21.3. The van der Waals surface area contributed by atoms with Crippen LogP contribution in [0.15, 0.2) is 11.1 Å². The Labute approximate surface area is 207 Å². The number of carbonyl (C=O) groups is 1. The number of hydrogen-bond acceptors (Lipinski definition) is 10. The molecular weight excluding hydrogens is 472 g/mol. The van der Waals surface area contributed by atoms with Gasteiger partial charge in [0.25, 0.3) is 5.56 Å². The fourth-order valence-corrected chi connectivity index (χ4v) is 5.86. The number of rotatable bonds is 4. The van der Waals surface area contributed by atoms with Crippen LogP contribution < -0.4 is 11.3 Å². The van der Waals surface area contributed by atoms with Crippen LogP contribution in [0.3, 0.4) is 0 Å². The van der Waals surface area contributed by atoms with Crippen molar-refractivity contribution >= 4 is 23.1 Å². The Hall–Kier alpha value is -2.58. The smallest absolute Gasteiger partial charge is 0.309 e. The van der Waals surface area contributed by atoms with Crippen LogP contribution in [0.5, 0.6) is 0 Å². The van der Waals surface area contributed by atoms with E-state index in [1.807, 2.05) is 27.7 Å². The third-order valence-corrected chi connectivity index (χ3v) is 7.16. The van der Waals surface area contributed by atoms with E-state index in [2.05, 4.69) is 15.0 Å². The number of aromatic nitrogens is 4. The van der Waals surface area contributed by atoms with E-state index in [4.69, 9.17) is 24.7 Å². The number of esters is 1. The predicted octanol–water partition coefficient (Wildman–Crippen LogP) is 1.28. The quantitative estimate of drug-likeness (QED) is 0.578. The fraction of sp³-hybridized carbons (Fsp3) is 0.739.